The molecule has 0 radical (unpaired) electrons. The molecule has 5 nitrogen and oxygen atoms in total. The van der Waals surface area contributed by atoms with E-state index in [0.29, 0.717) is 12.4 Å². The third-order valence-corrected chi connectivity index (χ3v) is 2.26. The van der Waals surface area contributed by atoms with Gasteiger partial charge < -0.3 is 9.63 Å². The van der Waals surface area contributed by atoms with Crippen LogP contribution in [0.3, 0.4) is 0 Å². The Hall–Kier alpha value is -0.940. The molecular weight excluding hydrogens is 194 g/mol. The lowest BCUT2D eigenvalue weighted by Crippen LogP contribution is -2.24. The highest BCUT2D eigenvalue weighted by molar-refractivity contribution is 4.85. The van der Waals surface area contributed by atoms with Crippen molar-refractivity contribution >= 4 is 0 Å². The van der Waals surface area contributed by atoms with E-state index >= 15 is 0 Å². The average Bonchev–Trinajstić information content (AvgIpc) is 2.71. The van der Waals surface area contributed by atoms with Crippen molar-refractivity contribution < 1.29 is 9.63 Å². The third-order valence-electron chi connectivity index (χ3n) is 2.26. The summed E-state index contributed by atoms with van der Waals surface area (Å²) < 4.78 is 5.10. The molecule has 86 valence electrons. The van der Waals surface area contributed by atoms with E-state index in [4.69, 9.17) is 9.63 Å². The highest BCUT2D eigenvalue weighted by Gasteiger charge is 2.09. The van der Waals surface area contributed by atoms with Crippen LogP contribution in [0.4, 0.5) is 0 Å². The predicted molar refractivity (Wildman–Crippen MR) is 56.3 cm³/mol. The highest BCUT2D eigenvalue weighted by Crippen LogP contribution is 2.03. The molecule has 0 amide bonds. The summed E-state index contributed by atoms with van der Waals surface area (Å²) in [6.45, 7) is 6.75. The van der Waals surface area contributed by atoms with Gasteiger partial charge in [0.15, 0.2) is 5.82 Å². The quantitative estimate of drug-likeness (QED) is 0.727. The van der Waals surface area contributed by atoms with Gasteiger partial charge in [0.25, 0.3) is 0 Å². The number of hydrogen-bond donors (Lipinski definition) is 1. The molecule has 0 saturated carbocycles. The lowest BCUT2D eigenvalue weighted by atomic mass is 10.4. The SMILES string of the molecule is CCc1noc(CN(CC)CCCO)n1. The lowest BCUT2D eigenvalue weighted by Gasteiger charge is -2.16. The summed E-state index contributed by atoms with van der Waals surface area (Å²) in [7, 11) is 0. The number of aryl methyl sites for hydroxylation is 1. The molecule has 1 N–H and O–H groups in total. The molecule has 0 bridgehead atoms. The number of aliphatic hydroxyl groups is 1. The Morgan fingerprint density at radius 3 is 2.73 bits per heavy atom. The number of rotatable bonds is 7. The Kier molecular flexibility index (Phi) is 5.28. The maximum atomic E-state index is 8.74. The second-order valence-corrected chi connectivity index (χ2v) is 3.40. The van der Waals surface area contributed by atoms with Gasteiger partial charge in [-0.2, -0.15) is 4.98 Å². The second-order valence-electron chi connectivity index (χ2n) is 3.40. The van der Waals surface area contributed by atoms with Crippen LogP contribution >= 0.6 is 0 Å². The maximum Gasteiger partial charge on any atom is 0.240 e. The van der Waals surface area contributed by atoms with E-state index in [0.717, 1.165) is 31.8 Å². The molecule has 0 aromatic carbocycles. The molecule has 1 heterocycles. The Balaban J connectivity index is 2.43. The Morgan fingerprint density at radius 1 is 1.40 bits per heavy atom. The normalized spacial score (nSPS) is 11.2. The molecule has 0 unspecified atom stereocenters. The van der Waals surface area contributed by atoms with Crippen molar-refractivity contribution in [1.82, 2.24) is 15.0 Å². The standard InChI is InChI=1S/C10H19N3O2/c1-3-9-11-10(15-12-9)8-13(4-2)6-5-7-14/h14H,3-8H2,1-2H3. The molecule has 0 aliphatic heterocycles. The first-order valence-corrected chi connectivity index (χ1v) is 5.44. The largest absolute Gasteiger partial charge is 0.396 e. The van der Waals surface area contributed by atoms with Crippen LogP contribution in [0.1, 0.15) is 32.0 Å². The van der Waals surface area contributed by atoms with E-state index in [9.17, 15) is 0 Å². The monoisotopic (exact) mass is 213 g/mol. The topological polar surface area (TPSA) is 62.4 Å². The minimum atomic E-state index is 0.223. The van der Waals surface area contributed by atoms with Gasteiger partial charge >= 0.3 is 0 Å². The molecule has 0 fully saturated rings. The van der Waals surface area contributed by atoms with Crippen LogP contribution in [0, 0.1) is 0 Å². The predicted octanol–water partition coefficient (Wildman–Crippen LogP) is 0.836. The van der Waals surface area contributed by atoms with Gasteiger partial charge in [-0.1, -0.05) is 19.0 Å². The van der Waals surface area contributed by atoms with Gasteiger partial charge in [-0.15, -0.1) is 0 Å². The Morgan fingerprint density at radius 2 is 2.20 bits per heavy atom. The summed E-state index contributed by atoms with van der Waals surface area (Å²) in [4.78, 5) is 6.41. The first-order valence-electron chi connectivity index (χ1n) is 5.44. The van der Waals surface area contributed by atoms with Crippen molar-refractivity contribution in [3.8, 4) is 0 Å². The molecule has 0 spiro atoms. The first kappa shape index (κ1) is 12.1. The third kappa shape index (κ3) is 3.97. The molecule has 0 aliphatic rings. The first-order chi connectivity index (χ1) is 7.30. The van der Waals surface area contributed by atoms with Crippen molar-refractivity contribution in [3.63, 3.8) is 0 Å². The van der Waals surface area contributed by atoms with E-state index in [1.165, 1.54) is 0 Å². The summed E-state index contributed by atoms with van der Waals surface area (Å²) >= 11 is 0. The van der Waals surface area contributed by atoms with Crippen LogP contribution in [0.5, 0.6) is 0 Å². The average molecular weight is 213 g/mol. The summed E-state index contributed by atoms with van der Waals surface area (Å²) in [5.41, 5.74) is 0. The van der Waals surface area contributed by atoms with Crippen LogP contribution in [0.15, 0.2) is 4.52 Å². The molecule has 15 heavy (non-hydrogen) atoms. The Bertz CT molecular complexity index is 275. The summed E-state index contributed by atoms with van der Waals surface area (Å²) in [6, 6.07) is 0. The van der Waals surface area contributed by atoms with Gasteiger partial charge in [0.05, 0.1) is 6.54 Å². The molecular formula is C10H19N3O2. The summed E-state index contributed by atoms with van der Waals surface area (Å²) in [5, 5.41) is 12.6. The fourth-order valence-electron chi connectivity index (χ4n) is 1.33. The van der Waals surface area contributed by atoms with Gasteiger partial charge in [-0.25, -0.2) is 0 Å². The molecule has 5 heteroatoms. The maximum absolute atomic E-state index is 8.74. The van der Waals surface area contributed by atoms with E-state index in [1.807, 2.05) is 6.92 Å². The van der Waals surface area contributed by atoms with Crippen molar-refractivity contribution in [3.05, 3.63) is 11.7 Å². The number of nitrogens with zero attached hydrogens (tertiary/aromatic N) is 3. The molecule has 1 rings (SSSR count). The fourth-order valence-corrected chi connectivity index (χ4v) is 1.33. The molecule has 0 atom stereocenters. The zero-order valence-electron chi connectivity index (χ0n) is 9.44. The van der Waals surface area contributed by atoms with Crippen LogP contribution in [-0.4, -0.2) is 39.8 Å². The zero-order valence-corrected chi connectivity index (χ0v) is 9.44. The number of hydrogen-bond acceptors (Lipinski definition) is 5. The minimum absolute atomic E-state index is 0.223. The fraction of sp³-hybridized carbons (Fsp3) is 0.800. The van der Waals surface area contributed by atoms with Crippen LogP contribution in [0.25, 0.3) is 0 Å². The molecule has 0 saturated heterocycles. The van der Waals surface area contributed by atoms with Gasteiger partial charge in [0.1, 0.15) is 0 Å². The zero-order chi connectivity index (χ0) is 11.1. The van der Waals surface area contributed by atoms with Gasteiger partial charge in [-0.05, 0) is 13.0 Å². The molecule has 1 aromatic rings. The highest BCUT2D eigenvalue weighted by atomic mass is 16.5. The molecule has 0 aliphatic carbocycles. The number of aliphatic hydroxyl groups excluding tert-OH is 1. The smallest absolute Gasteiger partial charge is 0.240 e. The van der Waals surface area contributed by atoms with Crippen molar-refractivity contribution in [2.45, 2.75) is 33.2 Å². The summed E-state index contributed by atoms with van der Waals surface area (Å²) in [6.07, 6.45) is 1.58. The Labute approximate surface area is 90.1 Å². The minimum Gasteiger partial charge on any atom is -0.396 e. The van der Waals surface area contributed by atoms with Gasteiger partial charge in [0.2, 0.25) is 5.89 Å². The van der Waals surface area contributed by atoms with Crippen LogP contribution < -0.4 is 0 Å². The van der Waals surface area contributed by atoms with Gasteiger partial charge in [-0.3, -0.25) is 4.90 Å². The van der Waals surface area contributed by atoms with Crippen molar-refractivity contribution in [2.24, 2.45) is 0 Å². The van der Waals surface area contributed by atoms with Crippen molar-refractivity contribution in [1.29, 1.82) is 0 Å². The second kappa shape index (κ2) is 6.53. The van der Waals surface area contributed by atoms with E-state index in [2.05, 4.69) is 22.0 Å². The van der Waals surface area contributed by atoms with E-state index in [-0.39, 0.29) is 6.61 Å². The molecule has 1 aromatic heterocycles. The van der Waals surface area contributed by atoms with Crippen molar-refractivity contribution in [2.75, 3.05) is 19.7 Å². The summed E-state index contributed by atoms with van der Waals surface area (Å²) in [5.74, 6) is 1.41. The van der Waals surface area contributed by atoms with E-state index in [1.54, 1.807) is 0 Å². The van der Waals surface area contributed by atoms with Crippen LogP contribution in [0.2, 0.25) is 0 Å². The van der Waals surface area contributed by atoms with Gasteiger partial charge in [0, 0.05) is 19.6 Å². The van der Waals surface area contributed by atoms with Crippen LogP contribution in [-0.2, 0) is 13.0 Å². The lowest BCUT2D eigenvalue weighted by molar-refractivity contribution is 0.205. The van der Waals surface area contributed by atoms with E-state index < -0.39 is 0 Å². The number of aromatic nitrogens is 2.